The lowest BCUT2D eigenvalue weighted by Crippen LogP contribution is -2.40. The maximum Gasteiger partial charge on any atom is 0.0261 e. The molecule has 1 heterocycles. The molecular weight excluding hydrogens is 148 g/mol. The molecule has 3 heteroatoms. The van der Waals surface area contributed by atoms with Gasteiger partial charge in [0.05, 0.1) is 0 Å². The van der Waals surface area contributed by atoms with E-state index in [9.17, 15) is 0 Å². The minimum atomic E-state index is 0.785. The molecule has 0 saturated carbocycles. The van der Waals surface area contributed by atoms with Crippen molar-refractivity contribution in [3.8, 4) is 0 Å². The van der Waals surface area contributed by atoms with Gasteiger partial charge in [0.1, 0.15) is 0 Å². The fourth-order valence-electron chi connectivity index (χ4n) is 1.15. The highest BCUT2D eigenvalue weighted by Gasteiger charge is 2.08. The summed E-state index contributed by atoms with van der Waals surface area (Å²) >= 11 is 5.57. The Balaban J connectivity index is 2.02. The van der Waals surface area contributed by atoms with Crippen LogP contribution in [0.4, 0.5) is 0 Å². The van der Waals surface area contributed by atoms with Crippen molar-refractivity contribution in [3.63, 3.8) is 0 Å². The van der Waals surface area contributed by atoms with Gasteiger partial charge in [-0.15, -0.1) is 11.6 Å². The van der Waals surface area contributed by atoms with Crippen molar-refractivity contribution in [2.45, 2.75) is 6.42 Å². The Kier molecular flexibility index (Phi) is 4.10. The van der Waals surface area contributed by atoms with Gasteiger partial charge in [-0.1, -0.05) is 0 Å². The van der Waals surface area contributed by atoms with Gasteiger partial charge >= 0.3 is 0 Å². The second kappa shape index (κ2) is 4.94. The van der Waals surface area contributed by atoms with Crippen molar-refractivity contribution in [1.29, 1.82) is 0 Å². The first kappa shape index (κ1) is 8.31. The predicted octanol–water partition coefficient (Wildman–Crippen LogP) is 0.535. The number of rotatable bonds is 3. The largest absolute Gasteiger partial charge is 0.301 e. The van der Waals surface area contributed by atoms with Crippen molar-refractivity contribution >= 4 is 11.6 Å². The normalized spacial score (nSPS) is 21.3. The highest BCUT2D eigenvalue weighted by molar-refractivity contribution is 6.17. The monoisotopic (exact) mass is 161 g/mol. The summed E-state index contributed by atoms with van der Waals surface area (Å²) in [6.45, 7) is 5.46. The first-order valence-electron chi connectivity index (χ1n) is 3.85. The molecule has 1 rings (SSSR count). The second-order valence-electron chi connectivity index (χ2n) is 2.55. The fourth-order valence-corrected chi connectivity index (χ4v) is 1.27. The lowest BCUT2D eigenvalue weighted by atomic mass is 10.3. The molecule has 0 N–H and O–H groups in total. The third kappa shape index (κ3) is 2.86. The molecule has 0 bridgehead atoms. The van der Waals surface area contributed by atoms with Crippen LogP contribution in [0.15, 0.2) is 0 Å². The summed E-state index contributed by atoms with van der Waals surface area (Å²) in [5.74, 6) is 0.785. The summed E-state index contributed by atoms with van der Waals surface area (Å²) in [6.07, 6.45) is 1.11. The Morgan fingerprint density at radius 1 is 1.30 bits per heavy atom. The van der Waals surface area contributed by atoms with Gasteiger partial charge in [0.2, 0.25) is 0 Å². The van der Waals surface area contributed by atoms with E-state index in [1.54, 1.807) is 0 Å². The Morgan fingerprint density at radius 3 is 2.60 bits per heavy atom. The van der Waals surface area contributed by atoms with E-state index >= 15 is 0 Å². The number of piperazine rings is 1. The lowest BCUT2D eigenvalue weighted by Gasteiger charge is -2.25. The molecule has 1 radical (unpaired) electrons. The zero-order valence-electron chi connectivity index (χ0n) is 6.22. The summed E-state index contributed by atoms with van der Waals surface area (Å²) < 4.78 is 0. The minimum absolute atomic E-state index is 0.785. The van der Waals surface area contributed by atoms with Crippen LogP contribution in [0.1, 0.15) is 6.42 Å². The van der Waals surface area contributed by atoms with Gasteiger partial charge in [-0.2, -0.15) is 0 Å². The average molecular weight is 162 g/mol. The molecule has 0 aliphatic carbocycles. The predicted molar refractivity (Wildman–Crippen MR) is 43.6 cm³/mol. The summed E-state index contributed by atoms with van der Waals surface area (Å²) in [5, 5.41) is 4.26. The maximum absolute atomic E-state index is 5.57. The molecule has 0 unspecified atom stereocenters. The summed E-state index contributed by atoms with van der Waals surface area (Å²) in [6, 6.07) is 0. The molecule has 0 aromatic rings. The first-order chi connectivity index (χ1) is 4.93. The minimum Gasteiger partial charge on any atom is -0.301 e. The van der Waals surface area contributed by atoms with Gasteiger partial charge in [0.15, 0.2) is 0 Å². The van der Waals surface area contributed by atoms with E-state index in [4.69, 9.17) is 11.6 Å². The van der Waals surface area contributed by atoms with Crippen molar-refractivity contribution in [1.82, 2.24) is 10.2 Å². The number of nitrogens with zero attached hydrogens (tertiary/aromatic N) is 2. The van der Waals surface area contributed by atoms with Crippen molar-refractivity contribution in [2.24, 2.45) is 0 Å². The first-order valence-corrected chi connectivity index (χ1v) is 4.38. The van der Waals surface area contributed by atoms with E-state index in [2.05, 4.69) is 10.2 Å². The zero-order valence-corrected chi connectivity index (χ0v) is 6.98. The SMILES string of the molecule is ClCCCN1CC[N]CC1. The zero-order chi connectivity index (χ0) is 7.23. The fraction of sp³-hybridized carbons (Fsp3) is 1.00. The molecule has 0 atom stereocenters. The van der Waals surface area contributed by atoms with Crippen LogP contribution in [0, 0.1) is 0 Å². The van der Waals surface area contributed by atoms with Gasteiger partial charge in [0.25, 0.3) is 0 Å². The molecule has 2 nitrogen and oxygen atoms in total. The Labute approximate surface area is 67.5 Å². The van der Waals surface area contributed by atoms with E-state index in [1.807, 2.05) is 0 Å². The number of halogens is 1. The lowest BCUT2D eigenvalue weighted by molar-refractivity contribution is 0.239. The average Bonchev–Trinajstić information content (AvgIpc) is 2.03. The van der Waals surface area contributed by atoms with Gasteiger partial charge in [0, 0.05) is 32.1 Å². The van der Waals surface area contributed by atoms with Crippen LogP contribution in [-0.4, -0.2) is 43.5 Å². The quantitative estimate of drug-likeness (QED) is 0.553. The molecule has 1 aliphatic heterocycles. The number of hydrogen-bond acceptors (Lipinski definition) is 1. The topological polar surface area (TPSA) is 17.3 Å². The summed E-state index contributed by atoms with van der Waals surface area (Å²) in [4.78, 5) is 2.43. The molecule has 0 aromatic heterocycles. The van der Waals surface area contributed by atoms with Crippen molar-refractivity contribution < 1.29 is 0 Å². The Morgan fingerprint density at radius 2 is 2.00 bits per heavy atom. The van der Waals surface area contributed by atoms with Crippen molar-refractivity contribution in [3.05, 3.63) is 0 Å². The smallest absolute Gasteiger partial charge is 0.0261 e. The van der Waals surface area contributed by atoms with Gasteiger partial charge in [-0.3, -0.25) is 0 Å². The molecule has 0 aromatic carbocycles. The Bertz CT molecular complexity index is 81.7. The Hall–Kier alpha value is 0.210. The van der Waals surface area contributed by atoms with Crippen LogP contribution in [-0.2, 0) is 0 Å². The van der Waals surface area contributed by atoms with E-state index < -0.39 is 0 Å². The van der Waals surface area contributed by atoms with E-state index in [1.165, 1.54) is 0 Å². The van der Waals surface area contributed by atoms with Crippen LogP contribution in [0.25, 0.3) is 0 Å². The van der Waals surface area contributed by atoms with Crippen LogP contribution in [0.3, 0.4) is 0 Å². The number of hydrogen-bond donors (Lipinski definition) is 0. The van der Waals surface area contributed by atoms with E-state index in [-0.39, 0.29) is 0 Å². The molecule has 10 heavy (non-hydrogen) atoms. The highest BCUT2D eigenvalue weighted by atomic mass is 35.5. The number of alkyl halides is 1. The van der Waals surface area contributed by atoms with Gasteiger partial charge in [-0.05, 0) is 13.0 Å². The molecule has 59 valence electrons. The van der Waals surface area contributed by atoms with Crippen molar-refractivity contribution in [2.75, 3.05) is 38.6 Å². The van der Waals surface area contributed by atoms with Crippen LogP contribution in [0.5, 0.6) is 0 Å². The summed E-state index contributed by atoms with van der Waals surface area (Å²) in [7, 11) is 0. The van der Waals surface area contributed by atoms with E-state index in [0.29, 0.717) is 0 Å². The van der Waals surface area contributed by atoms with E-state index in [0.717, 1.165) is 45.0 Å². The third-order valence-electron chi connectivity index (χ3n) is 1.76. The maximum atomic E-state index is 5.57. The molecule has 1 saturated heterocycles. The van der Waals surface area contributed by atoms with Crippen LogP contribution < -0.4 is 5.32 Å². The van der Waals surface area contributed by atoms with Crippen LogP contribution >= 0.6 is 11.6 Å². The standard InChI is InChI=1S/C7H14ClN2/c8-2-1-5-10-6-3-9-4-7-10/h1-7H2. The molecule has 1 fully saturated rings. The van der Waals surface area contributed by atoms with Gasteiger partial charge < -0.3 is 4.90 Å². The molecule has 0 amide bonds. The summed E-state index contributed by atoms with van der Waals surface area (Å²) in [5.41, 5.74) is 0. The van der Waals surface area contributed by atoms with Crippen LogP contribution in [0.2, 0.25) is 0 Å². The van der Waals surface area contributed by atoms with Gasteiger partial charge in [-0.25, -0.2) is 5.32 Å². The molecule has 1 aliphatic rings. The third-order valence-corrected chi connectivity index (χ3v) is 2.02. The molecular formula is C7H14ClN2. The molecule has 0 spiro atoms. The highest BCUT2D eigenvalue weighted by Crippen LogP contribution is 1.95. The second-order valence-corrected chi connectivity index (χ2v) is 2.93.